The van der Waals surface area contributed by atoms with Gasteiger partial charge in [-0.3, -0.25) is 0 Å². The number of rotatable bonds is 9. The van der Waals surface area contributed by atoms with Crippen molar-refractivity contribution in [3.8, 4) is 0 Å². The molecule has 90 valence electrons. The van der Waals surface area contributed by atoms with Crippen molar-refractivity contribution >= 4 is 9.84 Å². The standard InChI is InChI=1S/C11H23NO2S/c1-2-3-4-8-15(13,14)9-7-12-10-11-5-6-11/h11-12H,2-10H2,1H3. The Kier molecular flexibility index (Phi) is 5.61. The third-order valence-corrected chi connectivity index (χ3v) is 4.52. The Bertz CT molecular complexity index is 258. The quantitative estimate of drug-likeness (QED) is 0.615. The molecule has 1 fully saturated rings. The molecule has 0 aromatic rings. The van der Waals surface area contributed by atoms with Crippen molar-refractivity contribution in [3.63, 3.8) is 0 Å². The van der Waals surface area contributed by atoms with Crippen LogP contribution in [0.3, 0.4) is 0 Å². The number of hydrogen-bond donors (Lipinski definition) is 1. The molecule has 15 heavy (non-hydrogen) atoms. The van der Waals surface area contributed by atoms with Gasteiger partial charge in [0, 0.05) is 6.54 Å². The Labute approximate surface area is 93.6 Å². The molecular formula is C11H23NO2S. The topological polar surface area (TPSA) is 46.2 Å². The van der Waals surface area contributed by atoms with Crippen molar-refractivity contribution in [2.24, 2.45) is 5.92 Å². The molecule has 0 amide bonds. The summed E-state index contributed by atoms with van der Waals surface area (Å²) in [6.45, 7) is 3.72. The monoisotopic (exact) mass is 233 g/mol. The molecule has 1 rings (SSSR count). The average Bonchev–Trinajstić information content (AvgIpc) is 2.96. The second-order valence-electron chi connectivity index (χ2n) is 4.51. The molecule has 1 saturated carbocycles. The van der Waals surface area contributed by atoms with Gasteiger partial charge < -0.3 is 5.32 Å². The molecule has 1 aliphatic carbocycles. The fourth-order valence-electron chi connectivity index (χ4n) is 1.53. The van der Waals surface area contributed by atoms with Crippen LogP contribution in [0.5, 0.6) is 0 Å². The maximum Gasteiger partial charge on any atom is 0.151 e. The molecule has 0 radical (unpaired) electrons. The Hall–Kier alpha value is -0.0900. The molecule has 0 bridgehead atoms. The lowest BCUT2D eigenvalue weighted by molar-refractivity contribution is 0.583. The van der Waals surface area contributed by atoms with Gasteiger partial charge in [0.25, 0.3) is 0 Å². The molecule has 0 aromatic carbocycles. The summed E-state index contributed by atoms with van der Waals surface area (Å²) in [4.78, 5) is 0. The van der Waals surface area contributed by atoms with Crippen molar-refractivity contribution in [1.29, 1.82) is 0 Å². The number of unbranched alkanes of at least 4 members (excludes halogenated alkanes) is 2. The fraction of sp³-hybridized carbons (Fsp3) is 1.00. The average molecular weight is 233 g/mol. The first-order chi connectivity index (χ1) is 7.14. The van der Waals surface area contributed by atoms with Crippen molar-refractivity contribution in [3.05, 3.63) is 0 Å². The summed E-state index contributed by atoms with van der Waals surface area (Å²) in [5.41, 5.74) is 0. The predicted octanol–water partition coefficient (Wildman–Crippen LogP) is 1.59. The van der Waals surface area contributed by atoms with Crippen molar-refractivity contribution in [1.82, 2.24) is 5.32 Å². The lowest BCUT2D eigenvalue weighted by Crippen LogP contribution is -2.26. The second-order valence-corrected chi connectivity index (χ2v) is 6.81. The van der Waals surface area contributed by atoms with Gasteiger partial charge in [0.15, 0.2) is 9.84 Å². The van der Waals surface area contributed by atoms with E-state index >= 15 is 0 Å². The minimum atomic E-state index is -2.79. The van der Waals surface area contributed by atoms with E-state index in [9.17, 15) is 8.42 Å². The molecule has 0 saturated heterocycles. The molecule has 3 nitrogen and oxygen atoms in total. The maximum absolute atomic E-state index is 11.5. The SMILES string of the molecule is CCCCCS(=O)(=O)CCNCC1CC1. The van der Waals surface area contributed by atoms with E-state index in [1.54, 1.807) is 0 Å². The normalized spacial score (nSPS) is 16.9. The molecule has 0 atom stereocenters. The Morgan fingerprint density at radius 2 is 1.93 bits per heavy atom. The summed E-state index contributed by atoms with van der Waals surface area (Å²) in [5.74, 6) is 1.50. The van der Waals surface area contributed by atoms with E-state index in [1.807, 2.05) is 0 Å². The van der Waals surface area contributed by atoms with Gasteiger partial charge in [-0.25, -0.2) is 8.42 Å². The van der Waals surface area contributed by atoms with E-state index < -0.39 is 9.84 Å². The summed E-state index contributed by atoms with van der Waals surface area (Å²) in [7, 11) is -2.79. The molecule has 0 unspecified atom stereocenters. The lowest BCUT2D eigenvalue weighted by Gasteiger charge is -2.05. The van der Waals surface area contributed by atoms with Crippen LogP contribution in [-0.2, 0) is 9.84 Å². The van der Waals surface area contributed by atoms with Crippen LogP contribution in [0, 0.1) is 5.92 Å². The first-order valence-electron chi connectivity index (χ1n) is 6.05. The summed E-state index contributed by atoms with van der Waals surface area (Å²) < 4.78 is 23.1. The summed E-state index contributed by atoms with van der Waals surface area (Å²) in [6, 6.07) is 0. The zero-order chi connectivity index (χ0) is 11.1. The summed E-state index contributed by atoms with van der Waals surface area (Å²) in [6.07, 6.45) is 5.55. The Morgan fingerprint density at radius 3 is 2.53 bits per heavy atom. The van der Waals surface area contributed by atoms with E-state index in [0.29, 0.717) is 18.1 Å². The molecule has 0 heterocycles. The molecule has 1 N–H and O–H groups in total. The molecule has 0 aliphatic heterocycles. The molecule has 0 spiro atoms. The molecule has 1 aliphatic rings. The van der Waals surface area contributed by atoms with Gasteiger partial charge in [-0.2, -0.15) is 0 Å². The van der Waals surface area contributed by atoms with Crippen LogP contribution in [0.25, 0.3) is 0 Å². The highest BCUT2D eigenvalue weighted by Crippen LogP contribution is 2.27. The zero-order valence-electron chi connectivity index (χ0n) is 9.67. The van der Waals surface area contributed by atoms with Crippen LogP contribution in [0.1, 0.15) is 39.0 Å². The molecular weight excluding hydrogens is 210 g/mol. The largest absolute Gasteiger partial charge is 0.315 e. The highest BCUT2D eigenvalue weighted by atomic mass is 32.2. The van der Waals surface area contributed by atoms with Crippen molar-refractivity contribution in [2.45, 2.75) is 39.0 Å². The highest BCUT2D eigenvalue weighted by molar-refractivity contribution is 7.91. The highest BCUT2D eigenvalue weighted by Gasteiger charge is 2.20. The predicted molar refractivity (Wildman–Crippen MR) is 63.8 cm³/mol. The fourth-order valence-corrected chi connectivity index (χ4v) is 2.83. The summed E-state index contributed by atoms with van der Waals surface area (Å²) in [5, 5.41) is 3.21. The number of nitrogens with one attached hydrogen (secondary N) is 1. The van der Waals surface area contributed by atoms with Crippen LogP contribution >= 0.6 is 0 Å². The lowest BCUT2D eigenvalue weighted by atomic mass is 10.3. The maximum atomic E-state index is 11.5. The van der Waals surface area contributed by atoms with Gasteiger partial charge in [-0.05, 0) is 31.7 Å². The van der Waals surface area contributed by atoms with Gasteiger partial charge >= 0.3 is 0 Å². The van der Waals surface area contributed by atoms with Crippen LogP contribution in [0.4, 0.5) is 0 Å². The first kappa shape index (κ1) is 13.0. The third-order valence-electron chi connectivity index (χ3n) is 2.78. The minimum absolute atomic E-state index is 0.309. The molecule has 0 aromatic heterocycles. The van der Waals surface area contributed by atoms with Crippen molar-refractivity contribution < 1.29 is 8.42 Å². The Morgan fingerprint density at radius 1 is 1.20 bits per heavy atom. The number of sulfone groups is 1. The first-order valence-corrected chi connectivity index (χ1v) is 7.87. The van der Waals surface area contributed by atoms with Crippen LogP contribution < -0.4 is 5.32 Å². The Balaban J connectivity index is 2.00. The zero-order valence-corrected chi connectivity index (χ0v) is 10.5. The smallest absolute Gasteiger partial charge is 0.151 e. The second kappa shape index (κ2) is 6.48. The van der Waals surface area contributed by atoms with Gasteiger partial charge in [0.1, 0.15) is 0 Å². The van der Waals surface area contributed by atoms with Gasteiger partial charge in [0.2, 0.25) is 0 Å². The summed E-state index contributed by atoms with van der Waals surface area (Å²) >= 11 is 0. The van der Waals surface area contributed by atoms with Crippen molar-refractivity contribution in [2.75, 3.05) is 24.6 Å². The number of hydrogen-bond acceptors (Lipinski definition) is 3. The third kappa shape index (κ3) is 6.90. The van der Waals surface area contributed by atoms with E-state index in [4.69, 9.17) is 0 Å². The van der Waals surface area contributed by atoms with Crippen LogP contribution in [0.15, 0.2) is 0 Å². The van der Waals surface area contributed by atoms with Crippen LogP contribution in [0.2, 0.25) is 0 Å². The van der Waals surface area contributed by atoms with Gasteiger partial charge in [-0.1, -0.05) is 19.8 Å². The minimum Gasteiger partial charge on any atom is -0.315 e. The molecule has 4 heteroatoms. The van der Waals surface area contributed by atoms with Crippen LogP contribution in [-0.4, -0.2) is 33.0 Å². The van der Waals surface area contributed by atoms with E-state index in [-0.39, 0.29) is 0 Å². The van der Waals surface area contributed by atoms with Gasteiger partial charge in [0.05, 0.1) is 11.5 Å². The van der Waals surface area contributed by atoms with E-state index in [1.165, 1.54) is 12.8 Å². The van der Waals surface area contributed by atoms with E-state index in [2.05, 4.69) is 12.2 Å². The van der Waals surface area contributed by atoms with E-state index in [0.717, 1.165) is 31.7 Å². The van der Waals surface area contributed by atoms with Gasteiger partial charge in [-0.15, -0.1) is 0 Å².